The molecule has 1 aliphatic heterocycles. The van der Waals surface area contributed by atoms with Crippen molar-refractivity contribution in [3.63, 3.8) is 0 Å². The van der Waals surface area contributed by atoms with Gasteiger partial charge in [-0.05, 0) is 42.7 Å². The van der Waals surface area contributed by atoms with Crippen LogP contribution in [0.1, 0.15) is 32.3 Å². The molecular weight excluding hydrogens is 379 g/mol. The molecule has 0 radical (unpaired) electrons. The van der Waals surface area contributed by atoms with Crippen molar-refractivity contribution in [3.05, 3.63) is 65.6 Å². The van der Waals surface area contributed by atoms with Gasteiger partial charge < -0.3 is 5.11 Å². The summed E-state index contributed by atoms with van der Waals surface area (Å²) in [6, 6.07) is 15.5. The van der Waals surface area contributed by atoms with Crippen molar-refractivity contribution in [1.29, 1.82) is 5.26 Å². The number of alkyl halides is 3. The molecule has 4 nitrogen and oxygen atoms in total. The minimum absolute atomic E-state index is 0.169. The number of hydrogen-bond acceptors (Lipinski definition) is 4. The van der Waals surface area contributed by atoms with Crippen molar-refractivity contribution < 1.29 is 18.3 Å². The van der Waals surface area contributed by atoms with E-state index >= 15 is 0 Å². The molecule has 29 heavy (non-hydrogen) atoms. The molecule has 0 fully saturated rings. The van der Waals surface area contributed by atoms with Crippen LogP contribution in [-0.4, -0.2) is 28.9 Å². The summed E-state index contributed by atoms with van der Waals surface area (Å²) in [5.41, 5.74) is 2.99. The van der Waals surface area contributed by atoms with Crippen LogP contribution in [0.5, 0.6) is 0 Å². The van der Waals surface area contributed by atoms with Gasteiger partial charge in [-0.25, -0.2) is 5.01 Å². The van der Waals surface area contributed by atoms with Gasteiger partial charge >= 0.3 is 6.18 Å². The first-order valence-corrected chi connectivity index (χ1v) is 9.39. The fourth-order valence-corrected chi connectivity index (χ4v) is 3.69. The molecule has 3 rings (SSSR count). The van der Waals surface area contributed by atoms with Gasteiger partial charge in [0.05, 0.1) is 23.4 Å². The van der Waals surface area contributed by atoms with Gasteiger partial charge in [-0.1, -0.05) is 43.7 Å². The number of aliphatic hydroxyl groups excluding tert-OH is 1. The highest BCUT2D eigenvalue weighted by atomic mass is 19.4. The Balaban J connectivity index is 1.98. The first kappa shape index (κ1) is 20.7. The largest absolute Gasteiger partial charge is 0.494 e. The van der Waals surface area contributed by atoms with Gasteiger partial charge in [0.15, 0.2) is 0 Å². The maximum atomic E-state index is 13.2. The zero-order valence-corrected chi connectivity index (χ0v) is 16.2. The standard InChI is InChI=1S/C22H22F3N3O/c1-3-6-20-15(2)21(29)28(27(20)14-22(23,24)25)18-11-9-16(10-12-18)19-8-5-4-7-17(19)13-26/h4-5,7-12,20,29H,3,6,14H2,1-2H3. The summed E-state index contributed by atoms with van der Waals surface area (Å²) < 4.78 is 39.7. The summed E-state index contributed by atoms with van der Waals surface area (Å²) in [7, 11) is 0. The van der Waals surface area contributed by atoms with Gasteiger partial charge in [-0.3, -0.25) is 0 Å². The Morgan fingerprint density at radius 1 is 1.10 bits per heavy atom. The van der Waals surface area contributed by atoms with Crippen molar-refractivity contribution >= 4 is 5.69 Å². The molecule has 0 aliphatic carbocycles. The number of hydrogen-bond donors (Lipinski definition) is 1. The number of nitrogens with zero attached hydrogens (tertiary/aromatic N) is 3. The van der Waals surface area contributed by atoms with Crippen LogP contribution in [0.15, 0.2) is 60.0 Å². The Hall–Kier alpha value is -2.98. The third-order valence-electron chi connectivity index (χ3n) is 5.04. The highest BCUT2D eigenvalue weighted by Gasteiger charge is 2.43. The molecule has 0 saturated heterocycles. The summed E-state index contributed by atoms with van der Waals surface area (Å²) >= 11 is 0. The molecule has 1 unspecified atom stereocenters. The SMILES string of the molecule is CCCC1C(C)=C(O)N(c2ccc(-c3ccccc3C#N)cc2)N1CC(F)(F)F. The number of aliphatic hydroxyl groups is 1. The second kappa shape index (κ2) is 8.18. The van der Waals surface area contributed by atoms with E-state index < -0.39 is 18.8 Å². The van der Waals surface area contributed by atoms with Crippen molar-refractivity contribution in [3.8, 4) is 17.2 Å². The predicted octanol–water partition coefficient (Wildman–Crippen LogP) is 5.78. The Morgan fingerprint density at radius 2 is 1.76 bits per heavy atom. The molecule has 1 heterocycles. The molecule has 7 heteroatoms. The molecule has 1 aliphatic rings. The van der Waals surface area contributed by atoms with Gasteiger partial charge in [-0.2, -0.15) is 23.4 Å². The smallest absolute Gasteiger partial charge is 0.403 e. The van der Waals surface area contributed by atoms with Gasteiger partial charge in [0.25, 0.3) is 0 Å². The first-order chi connectivity index (χ1) is 13.8. The minimum Gasteiger partial charge on any atom is -0.494 e. The van der Waals surface area contributed by atoms with Crippen LogP contribution in [0.4, 0.5) is 18.9 Å². The van der Waals surface area contributed by atoms with E-state index in [9.17, 15) is 23.5 Å². The Morgan fingerprint density at radius 3 is 2.34 bits per heavy atom. The summed E-state index contributed by atoms with van der Waals surface area (Å²) in [6.07, 6.45) is -3.20. The Kier molecular flexibility index (Phi) is 5.85. The summed E-state index contributed by atoms with van der Waals surface area (Å²) in [5.74, 6) is -0.169. The number of hydrazine groups is 1. The molecule has 1 atom stereocenters. The average molecular weight is 401 g/mol. The Bertz CT molecular complexity index is 945. The average Bonchev–Trinajstić information content (AvgIpc) is 2.91. The van der Waals surface area contributed by atoms with Gasteiger partial charge in [0, 0.05) is 5.57 Å². The quantitative estimate of drug-likeness (QED) is 0.690. The first-order valence-electron chi connectivity index (χ1n) is 9.39. The van der Waals surface area contributed by atoms with E-state index in [1.165, 1.54) is 10.0 Å². The highest BCUT2D eigenvalue weighted by molar-refractivity contribution is 5.72. The van der Waals surface area contributed by atoms with Crippen LogP contribution in [0.25, 0.3) is 11.1 Å². The van der Waals surface area contributed by atoms with E-state index in [4.69, 9.17) is 0 Å². The van der Waals surface area contributed by atoms with Crippen LogP contribution in [0, 0.1) is 11.3 Å². The number of halogens is 3. The fraction of sp³-hybridized carbons (Fsp3) is 0.318. The van der Waals surface area contributed by atoms with Crippen LogP contribution < -0.4 is 5.01 Å². The zero-order chi connectivity index (χ0) is 21.2. The van der Waals surface area contributed by atoms with Gasteiger partial charge in [0.1, 0.15) is 6.54 Å². The number of anilines is 1. The summed E-state index contributed by atoms with van der Waals surface area (Å²) in [5, 5.41) is 22.3. The van der Waals surface area contributed by atoms with E-state index in [1.54, 1.807) is 43.3 Å². The second-order valence-corrected chi connectivity index (χ2v) is 7.04. The number of rotatable bonds is 5. The lowest BCUT2D eigenvalue weighted by Crippen LogP contribution is -2.48. The van der Waals surface area contributed by atoms with Crippen molar-refractivity contribution in [2.24, 2.45) is 0 Å². The number of nitriles is 1. The van der Waals surface area contributed by atoms with E-state index in [2.05, 4.69) is 6.07 Å². The van der Waals surface area contributed by atoms with E-state index in [1.807, 2.05) is 19.1 Å². The zero-order valence-electron chi connectivity index (χ0n) is 16.2. The van der Waals surface area contributed by atoms with E-state index in [-0.39, 0.29) is 5.88 Å². The van der Waals surface area contributed by atoms with Crippen molar-refractivity contribution in [2.75, 3.05) is 11.6 Å². The van der Waals surface area contributed by atoms with Crippen molar-refractivity contribution in [1.82, 2.24) is 5.01 Å². The Labute approximate surface area is 168 Å². The molecule has 0 amide bonds. The molecule has 1 N–H and O–H groups in total. The lowest BCUT2D eigenvalue weighted by atomic mass is 10.0. The molecule has 2 aromatic carbocycles. The molecule has 0 bridgehead atoms. The van der Waals surface area contributed by atoms with Crippen LogP contribution >= 0.6 is 0 Å². The van der Waals surface area contributed by atoms with Gasteiger partial charge in [0.2, 0.25) is 5.88 Å². The molecule has 0 saturated carbocycles. The maximum absolute atomic E-state index is 13.2. The van der Waals surface area contributed by atoms with E-state index in [0.717, 1.165) is 11.1 Å². The predicted molar refractivity (Wildman–Crippen MR) is 106 cm³/mol. The molecule has 2 aromatic rings. The third kappa shape index (κ3) is 4.22. The summed E-state index contributed by atoms with van der Waals surface area (Å²) in [4.78, 5) is 0. The third-order valence-corrected chi connectivity index (χ3v) is 5.04. The van der Waals surface area contributed by atoms with Crippen LogP contribution in [-0.2, 0) is 0 Å². The summed E-state index contributed by atoms with van der Waals surface area (Å²) in [6.45, 7) is 2.41. The van der Waals surface area contributed by atoms with Gasteiger partial charge in [-0.15, -0.1) is 0 Å². The van der Waals surface area contributed by atoms with Crippen LogP contribution in [0.2, 0.25) is 0 Å². The van der Waals surface area contributed by atoms with E-state index in [0.29, 0.717) is 29.7 Å². The van der Waals surface area contributed by atoms with Crippen molar-refractivity contribution in [2.45, 2.75) is 38.9 Å². The topological polar surface area (TPSA) is 50.5 Å². The molecular formula is C22H22F3N3O. The lowest BCUT2D eigenvalue weighted by Gasteiger charge is -2.34. The fourth-order valence-electron chi connectivity index (χ4n) is 3.69. The minimum atomic E-state index is -4.40. The maximum Gasteiger partial charge on any atom is 0.403 e. The number of benzene rings is 2. The molecule has 0 aromatic heterocycles. The van der Waals surface area contributed by atoms with Crippen LogP contribution in [0.3, 0.4) is 0 Å². The second-order valence-electron chi connectivity index (χ2n) is 7.04. The lowest BCUT2D eigenvalue weighted by molar-refractivity contribution is -0.149. The highest BCUT2D eigenvalue weighted by Crippen LogP contribution is 2.37. The monoisotopic (exact) mass is 401 g/mol. The molecule has 152 valence electrons. The normalized spacial score (nSPS) is 17.7. The molecule has 0 spiro atoms.